The molecule has 0 amide bonds. The Kier molecular flexibility index (Phi) is 4.66. The predicted molar refractivity (Wildman–Crippen MR) is 82.8 cm³/mol. The Labute approximate surface area is 125 Å². The summed E-state index contributed by atoms with van der Waals surface area (Å²) in [6, 6.07) is 18.3. The predicted octanol–water partition coefficient (Wildman–Crippen LogP) is 3.79. The summed E-state index contributed by atoms with van der Waals surface area (Å²) in [4.78, 5) is 5.49. The van der Waals surface area contributed by atoms with Gasteiger partial charge in [0.2, 0.25) is 0 Å². The Hall–Kier alpha value is -2.10. The maximum atomic E-state index is 5.51. The molecule has 1 unspecified atom stereocenters. The van der Waals surface area contributed by atoms with Crippen LogP contribution in [0.25, 0.3) is 0 Å². The van der Waals surface area contributed by atoms with Crippen LogP contribution in [0.5, 0.6) is 5.75 Å². The Bertz CT molecular complexity index is 595. The van der Waals surface area contributed by atoms with E-state index in [1.54, 1.807) is 6.26 Å². The second kappa shape index (κ2) is 7.07. The number of hydrogen-bond acceptors (Lipinski definition) is 3. The first-order chi connectivity index (χ1) is 10.4. The summed E-state index contributed by atoms with van der Waals surface area (Å²) in [5.74, 6) is 1.33. The molecule has 21 heavy (non-hydrogen) atoms. The lowest BCUT2D eigenvalue weighted by molar-refractivity contribution is 0.0270. The van der Waals surface area contributed by atoms with Crippen molar-refractivity contribution in [2.75, 3.05) is 6.54 Å². The molecule has 0 bridgehead atoms. The molecular weight excluding hydrogens is 262 g/mol. The van der Waals surface area contributed by atoms with Crippen LogP contribution in [0.15, 0.2) is 66.9 Å². The van der Waals surface area contributed by atoms with Crippen LogP contribution in [0, 0.1) is 0 Å². The molecule has 0 fully saturated rings. The summed E-state index contributed by atoms with van der Waals surface area (Å²) in [6.07, 6.45) is 4.85. The Morgan fingerprint density at radius 2 is 1.81 bits per heavy atom. The molecule has 0 aliphatic carbocycles. The molecule has 0 aromatic heterocycles. The summed E-state index contributed by atoms with van der Waals surface area (Å²) >= 11 is 0. The molecule has 1 N–H and O–H groups in total. The molecular formula is C18H19NO2. The van der Waals surface area contributed by atoms with Crippen LogP contribution >= 0.6 is 0 Å². The third-order valence-electron chi connectivity index (χ3n) is 3.57. The van der Waals surface area contributed by atoms with E-state index in [0.29, 0.717) is 12.5 Å². The highest BCUT2D eigenvalue weighted by Crippen LogP contribution is 2.33. The van der Waals surface area contributed by atoms with E-state index in [-0.39, 0.29) is 0 Å². The first-order valence-electron chi connectivity index (χ1n) is 7.24. The first kappa shape index (κ1) is 13.9. The summed E-state index contributed by atoms with van der Waals surface area (Å²) in [7, 11) is 0. The normalized spacial score (nSPS) is 16.3. The number of hydroxylamine groups is 1. The number of allylic oxidation sites excluding steroid dienone is 1. The van der Waals surface area contributed by atoms with Crippen molar-refractivity contribution in [1.29, 1.82) is 0 Å². The van der Waals surface area contributed by atoms with E-state index in [4.69, 9.17) is 9.57 Å². The topological polar surface area (TPSA) is 30.5 Å². The van der Waals surface area contributed by atoms with Crippen molar-refractivity contribution >= 4 is 0 Å². The number of fused-ring (bicyclic) bond motifs is 1. The van der Waals surface area contributed by atoms with Crippen LogP contribution in [0.1, 0.15) is 23.5 Å². The monoisotopic (exact) mass is 281 g/mol. The maximum absolute atomic E-state index is 5.51. The Morgan fingerprint density at radius 1 is 1.00 bits per heavy atom. The van der Waals surface area contributed by atoms with E-state index in [9.17, 15) is 0 Å². The van der Waals surface area contributed by atoms with Gasteiger partial charge >= 0.3 is 0 Å². The van der Waals surface area contributed by atoms with Gasteiger partial charge in [-0.3, -0.25) is 4.84 Å². The van der Waals surface area contributed by atoms with Crippen LogP contribution in [-0.2, 0) is 11.4 Å². The summed E-state index contributed by atoms with van der Waals surface area (Å²) in [5, 5.41) is 0. The number of ether oxygens (including phenoxy) is 1. The second-order valence-electron chi connectivity index (χ2n) is 5.05. The van der Waals surface area contributed by atoms with Crippen molar-refractivity contribution in [3.05, 3.63) is 78.1 Å². The first-order valence-corrected chi connectivity index (χ1v) is 7.24. The molecule has 108 valence electrons. The summed E-state index contributed by atoms with van der Waals surface area (Å²) in [6.45, 7) is 1.39. The molecule has 2 aromatic rings. The minimum Gasteiger partial charge on any atom is -0.465 e. The average Bonchev–Trinajstić information content (AvgIpc) is 2.56. The van der Waals surface area contributed by atoms with Crippen molar-refractivity contribution in [2.45, 2.75) is 18.9 Å². The van der Waals surface area contributed by atoms with Gasteiger partial charge in [-0.1, -0.05) is 48.5 Å². The van der Waals surface area contributed by atoms with Crippen LogP contribution in [0.3, 0.4) is 0 Å². The van der Waals surface area contributed by atoms with Crippen LogP contribution in [0.4, 0.5) is 0 Å². The highest BCUT2D eigenvalue weighted by molar-refractivity contribution is 5.40. The van der Waals surface area contributed by atoms with Gasteiger partial charge in [0.25, 0.3) is 0 Å². The van der Waals surface area contributed by atoms with Crippen LogP contribution in [-0.4, -0.2) is 6.54 Å². The number of benzene rings is 2. The molecule has 0 radical (unpaired) electrons. The smallest absolute Gasteiger partial charge is 0.130 e. The lowest BCUT2D eigenvalue weighted by Gasteiger charge is -2.20. The van der Waals surface area contributed by atoms with E-state index in [2.05, 4.69) is 29.8 Å². The molecule has 1 aliphatic heterocycles. The van der Waals surface area contributed by atoms with Crippen molar-refractivity contribution in [3.63, 3.8) is 0 Å². The zero-order valence-corrected chi connectivity index (χ0v) is 11.9. The van der Waals surface area contributed by atoms with E-state index in [1.807, 2.05) is 36.4 Å². The van der Waals surface area contributed by atoms with Crippen molar-refractivity contribution < 1.29 is 9.57 Å². The molecule has 0 saturated carbocycles. The molecule has 0 spiro atoms. The van der Waals surface area contributed by atoms with E-state index >= 15 is 0 Å². The second-order valence-corrected chi connectivity index (χ2v) is 5.05. The molecule has 1 aliphatic rings. The Balaban J connectivity index is 1.44. The van der Waals surface area contributed by atoms with Gasteiger partial charge in [0.1, 0.15) is 5.75 Å². The Morgan fingerprint density at radius 3 is 2.71 bits per heavy atom. The van der Waals surface area contributed by atoms with Crippen molar-refractivity contribution in [1.82, 2.24) is 5.48 Å². The number of nitrogens with one attached hydrogen (secondary N) is 1. The largest absolute Gasteiger partial charge is 0.465 e. The molecule has 3 nitrogen and oxygen atoms in total. The van der Waals surface area contributed by atoms with Gasteiger partial charge in [-0.05, 0) is 24.1 Å². The van der Waals surface area contributed by atoms with Crippen molar-refractivity contribution in [2.24, 2.45) is 0 Å². The molecule has 0 saturated heterocycles. The molecule has 1 heterocycles. The highest BCUT2D eigenvalue weighted by atomic mass is 16.6. The third kappa shape index (κ3) is 3.72. The zero-order valence-electron chi connectivity index (χ0n) is 11.9. The number of rotatable bonds is 6. The number of para-hydroxylation sites is 1. The minimum absolute atomic E-state index is 0.378. The van der Waals surface area contributed by atoms with E-state index < -0.39 is 0 Å². The van der Waals surface area contributed by atoms with Gasteiger partial charge in [0.15, 0.2) is 0 Å². The summed E-state index contributed by atoms with van der Waals surface area (Å²) in [5.41, 5.74) is 5.45. The third-order valence-corrected chi connectivity index (χ3v) is 3.57. The fourth-order valence-corrected chi connectivity index (χ4v) is 2.45. The average molecular weight is 281 g/mol. The lowest BCUT2D eigenvalue weighted by Crippen LogP contribution is -2.18. The lowest BCUT2D eigenvalue weighted by atomic mass is 9.94. The minimum atomic E-state index is 0.378. The maximum Gasteiger partial charge on any atom is 0.130 e. The molecule has 3 heteroatoms. The quantitative estimate of drug-likeness (QED) is 0.645. The van der Waals surface area contributed by atoms with Gasteiger partial charge in [-0.25, -0.2) is 5.48 Å². The number of hydrogen-bond donors (Lipinski definition) is 1. The molecule has 2 aromatic carbocycles. The van der Waals surface area contributed by atoms with Gasteiger partial charge in [0.05, 0.1) is 12.9 Å². The van der Waals surface area contributed by atoms with E-state index in [0.717, 1.165) is 18.7 Å². The van der Waals surface area contributed by atoms with Gasteiger partial charge in [0, 0.05) is 18.0 Å². The van der Waals surface area contributed by atoms with Gasteiger partial charge in [-0.15, -0.1) is 0 Å². The van der Waals surface area contributed by atoms with Crippen LogP contribution < -0.4 is 10.2 Å². The zero-order chi connectivity index (χ0) is 14.3. The fraction of sp³-hybridized carbons (Fsp3) is 0.222. The molecule has 1 atom stereocenters. The fourth-order valence-electron chi connectivity index (χ4n) is 2.45. The van der Waals surface area contributed by atoms with E-state index in [1.165, 1.54) is 11.1 Å². The standard InChI is InChI=1S/C18H19NO2/c1-2-6-15(7-3-1)14-21-19-12-10-16-11-13-20-18-9-5-4-8-17(16)18/h1-9,11,13,16,19H,10,12,14H2. The van der Waals surface area contributed by atoms with Gasteiger partial charge in [-0.2, -0.15) is 0 Å². The van der Waals surface area contributed by atoms with Gasteiger partial charge < -0.3 is 4.74 Å². The summed E-state index contributed by atoms with van der Waals surface area (Å²) < 4.78 is 5.51. The highest BCUT2D eigenvalue weighted by Gasteiger charge is 2.16. The SMILES string of the molecule is C1=CC(CCNOCc2ccccc2)c2ccccc2O1. The molecule has 3 rings (SSSR count). The van der Waals surface area contributed by atoms with Crippen LogP contribution in [0.2, 0.25) is 0 Å². The van der Waals surface area contributed by atoms with Crippen molar-refractivity contribution in [3.8, 4) is 5.75 Å².